The number of carboxylic acids is 1. The topological polar surface area (TPSA) is 242 Å². The molecule has 0 fully saturated rings. The van der Waals surface area contributed by atoms with Gasteiger partial charge < -0.3 is 29.5 Å². The second kappa shape index (κ2) is 17.9. The summed E-state index contributed by atoms with van der Waals surface area (Å²) in [4.78, 5) is 96.1. The van der Waals surface area contributed by atoms with E-state index in [0.29, 0.717) is 28.1 Å². The van der Waals surface area contributed by atoms with E-state index in [1.165, 1.54) is 58.1 Å². The van der Waals surface area contributed by atoms with E-state index in [2.05, 4.69) is 15.4 Å². The summed E-state index contributed by atoms with van der Waals surface area (Å²) < 4.78 is 17.6. The molecule has 1 aliphatic heterocycles. The summed E-state index contributed by atoms with van der Waals surface area (Å²) in [6.07, 6.45) is -1.70. The van der Waals surface area contributed by atoms with E-state index in [-0.39, 0.29) is 42.9 Å². The molecule has 0 unspecified atom stereocenters. The molecule has 316 valence electrons. The molecule has 19 nitrogen and oxygen atoms in total. The van der Waals surface area contributed by atoms with E-state index in [1.807, 2.05) is 0 Å². The van der Waals surface area contributed by atoms with Crippen molar-refractivity contribution in [3.8, 4) is 0 Å². The van der Waals surface area contributed by atoms with Crippen LogP contribution in [0.4, 0.5) is 20.1 Å². The fourth-order valence-corrected chi connectivity index (χ4v) is 5.68. The first-order valence-corrected chi connectivity index (χ1v) is 18.6. The summed E-state index contributed by atoms with van der Waals surface area (Å²) in [5, 5.41) is 27.5. The van der Waals surface area contributed by atoms with Crippen molar-refractivity contribution >= 4 is 47.6 Å². The van der Waals surface area contributed by atoms with Crippen LogP contribution in [0.15, 0.2) is 59.7 Å². The summed E-state index contributed by atoms with van der Waals surface area (Å²) in [7, 11) is 0. The van der Waals surface area contributed by atoms with Crippen LogP contribution in [0.2, 0.25) is 0 Å². The van der Waals surface area contributed by atoms with Crippen LogP contribution in [-0.2, 0) is 49.7 Å². The number of ether oxygens (including phenoxy) is 3. The Balaban J connectivity index is 1.69. The van der Waals surface area contributed by atoms with Crippen LogP contribution >= 0.6 is 0 Å². The molecule has 1 aromatic heterocycles. The largest absolute Gasteiger partial charge is 0.480 e. The highest BCUT2D eigenvalue weighted by atomic mass is 16.6. The predicted octanol–water partition coefficient (Wildman–Crippen LogP) is 5.66. The maximum Gasteiger partial charge on any atom is 0.436 e. The summed E-state index contributed by atoms with van der Waals surface area (Å²) >= 11 is 0. The fraction of sp³-hybridized carbons (Fsp3) is 0.450. The maximum absolute atomic E-state index is 14.1. The van der Waals surface area contributed by atoms with Crippen molar-refractivity contribution in [2.45, 2.75) is 111 Å². The number of amides is 5. The number of aromatic nitrogens is 2. The summed E-state index contributed by atoms with van der Waals surface area (Å²) in [6.45, 7) is 14.2. The lowest BCUT2D eigenvalue weighted by molar-refractivity contribution is -0.384. The number of fused-ring (bicyclic) bond motifs is 1. The Morgan fingerprint density at radius 3 is 1.92 bits per heavy atom. The van der Waals surface area contributed by atoms with Crippen LogP contribution < -0.4 is 5.32 Å². The molecule has 2 heterocycles. The van der Waals surface area contributed by atoms with E-state index in [1.54, 1.807) is 68.5 Å². The zero-order chi connectivity index (χ0) is 44.0. The third-order valence-corrected chi connectivity index (χ3v) is 8.06. The minimum absolute atomic E-state index is 0.00944. The molecule has 0 bridgehead atoms. The highest BCUT2D eigenvalue weighted by molar-refractivity contribution is 6.18. The van der Waals surface area contributed by atoms with Crippen LogP contribution in [0.5, 0.6) is 0 Å². The Bertz CT molecular complexity index is 2100. The van der Waals surface area contributed by atoms with E-state index in [9.17, 15) is 44.0 Å². The molecule has 19 heteroatoms. The number of benzene rings is 2. The predicted molar refractivity (Wildman–Crippen MR) is 211 cm³/mol. The molecule has 0 aliphatic carbocycles. The highest BCUT2D eigenvalue weighted by Gasteiger charge is 2.37. The van der Waals surface area contributed by atoms with E-state index >= 15 is 0 Å². The van der Waals surface area contributed by atoms with Gasteiger partial charge in [-0.2, -0.15) is 15.0 Å². The standard InChI is InChI=1S/C40H49N7O12/c1-38(2,3)57-35(52)42-32(46(36(53)58-39(4,5)6)37(54)59-40(7,8)9)25-12-14-26(15-13-25)33(50)41-30(20-24-10-16-28(17-11-24)47(55)56)34(51)44-19-18-29-27(21-44)22-45(43-29)23-31(48)49/h10-17,22,30H,18-21,23H2,1-9H3,(H,41,50)(H,48,49)/t30-/m0/s1. The lowest BCUT2D eigenvalue weighted by Crippen LogP contribution is -2.50. The SMILES string of the molecule is CC(C)(C)OC(=O)N=C(c1ccc(C(=O)N[C@@H](Cc2ccc([N+](=O)[O-])cc2)C(=O)N2CCc3nn(CC(=O)O)cc3C2)cc1)N(C(=O)OC(C)(C)C)C(=O)OC(C)(C)C. The van der Waals surface area contributed by atoms with Crippen molar-refractivity contribution in [1.29, 1.82) is 0 Å². The Hall–Kier alpha value is -6.66. The molecule has 0 spiro atoms. The van der Waals surface area contributed by atoms with Gasteiger partial charge in [-0.05, 0) is 80.0 Å². The smallest absolute Gasteiger partial charge is 0.436 e. The quantitative estimate of drug-likeness (QED) is 0.0872. The molecule has 0 saturated carbocycles. The molecule has 2 aromatic carbocycles. The lowest BCUT2D eigenvalue weighted by atomic mass is 10.0. The summed E-state index contributed by atoms with van der Waals surface area (Å²) in [5.74, 6) is -2.77. The van der Waals surface area contributed by atoms with Gasteiger partial charge in [0.1, 0.15) is 29.4 Å². The molecule has 3 aromatic rings. The number of nitrogens with one attached hydrogen (secondary N) is 1. The highest BCUT2D eigenvalue weighted by Crippen LogP contribution is 2.22. The Labute approximate surface area is 340 Å². The number of aliphatic carboxylic acids is 1. The lowest BCUT2D eigenvalue weighted by Gasteiger charge is -2.30. The average molecular weight is 820 g/mol. The van der Waals surface area contributed by atoms with E-state index in [4.69, 9.17) is 14.2 Å². The second-order valence-electron chi connectivity index (χ2n) is 16.6. The molecule has 2 N–H and O–H groups in total. The number of amidine groups is 1. The van der Waals surface area contributed by atoms with Gasteiger partial charge >= 0.3 is 24.2 Å². The van der Waals surface area contributed by atoms with Gasteiger partial charge in [-0.3, -0.25) is 29.2 Å². The number of rotatable bonds is 9. The van der Waals surface area contributed by atoms with Crippen LogP contribution in [-0.4, -0.2) is 101 Å². The molecule has 5 amide bonds. The number of carboxylic acid groups (broad SMARTS) is 1. The molecular weight excluding hydrogens is 770 g/mol. The van der Waals surface area contributed by atoms with E-state index < -0.39 is 69.7 Å². The monoisotopic (exact) mass is 819 g/mol. The van der Waals surface area contributed by atoms with Gasteiger partial charge in [-0.1, -0.05) is 24.3 Å². The second-order valence-corrected chi connectivity index (χ2v) is 16.6. The van der Waals surface area contributed by atoms with Gasteiger partial charge in [0, 0.05) is 61.0 Å². The number of nitro groups is 1. The number of aliphatic imine (C=N–C) groups is 1. The number of hydrogen-bond acceptors (Lipinski definition) is 12. The Kier molecular flexibility index (Phi) is 13.6. The molecule has 59 heavy (non-hydrogen) atoms. The van der Waals surface area contributed by atoms with Crippen LogP contribution in [0.3, 0.4) is 0 Å². The van der Waals surface area contributed by atoms with Crippen LogP contribution in [0.1, 0.15) is 95.1 Å². The van der Waals surface area contributed by atoms with Gasteiger partial charge in [0.05, 0.1) is 10.6 Å². The fourth-order valence-electron chi connectivity index (χ4n) is 5.68. The van der Waals surface area contributed by atoms with Crippen molar-refractivity contribution in [3.63, 3.8) is 0 Å². The Morgan fingerprint density at radius 2 is 1.41 bits per heavy atom. The average Bonchev–Trinajstić information content (AvgIpc) is 3.49. The van der Waals surface area contributed by atoms with Crippen molar-refractivity contribution in [3.05, 3.63) is 92.8 Å². The van der Waals surface area contributed by atoms with Gasteiger partial charge in [0.15, 0.2) is 5.84 Å². The first-order chi connectivity index (χ1) is 27.3. The van der Waals surface area contributed by atoms with Gasteiger partial charge in [0.2, 0.25) is 5.91 Å². The van der Waals surface area contributed by atoms with Crippen molar-refractivity contribution in [2.24, 2.45) is 4.99 Å². The van der Waals surface area contributed by atoms with Gasteiger partial charge in [-0.25, -0.2) is 14.4 Å². The zero-order valence-corrected chi connectivity index (χ0v) is 34.4. The summed E-state index contributed by atoms with van der Waals surface area (Å²) in [6, 6.07) is 9.68. The van der Waals surface area contributed by atoms with Crippen LogP contribution in [0, 0.1) is 10.1 Å². The first-order valence-electron chi connectivity index (χ1n) is 18.6. The number of carbonyl (C=O) groups is 6. The van der Waals surface area contributed by atoms with Crippen molar-refractivity contribution in [1.82, 2.24) is 24.9 Å². The number of nitrogens with zero attached hydrogens (tertiary/aromatic N) is 6. The number of imide groups is 1. The molecule has 1 aliphatic rings. The molecule has 0 radical (unpaired) electrons. The molecule has 4 rings (SSSR count). The zero-order valence-electron chi connectivity index (χ0n) is 34.4. The minimum Gasteiger partial charge on any atom is -0.480 e. The van der Waals surface area contributed by atoms with E-state index in [0.717, 1.165) is 0 Å². The summed E-state index contributed by atoms with van der Waals surface area (Å²) in [5.41, 5.74) is -1.47. The molecule has 1 atom stereocenters. The van der Waals surface area contributed by atoms with Crippen molar-refractivity contribution in [2.75, 3.05) is 6.54 Å². The van der Waals surface area contributed by atoms with Crippen LogP contribution in [0.25, 0.3) is 0 Å². The normalized spacial score (nSPS) is 13.7. The Morgan fingerprint density at radius 1 is 0.864 bits per heavy atom. The van der Waals surface area contributed by atoms with Crippen molar-refractivity contribution < 1.29 is 53.0 Å². The minimum atomic E-state index is -1.21. The van der Waals surface area contributed by atoms with Gasteiger partial charge in [-0.15, -0.1) is 0 Å². The maximum atomic E-state index is 14.1. The third-order valence-electron chi connectivity index (χ3n) is 8.06. The molecular formula is C40H49N7O12. The first kappa shape index (κ1) is 45.0. The number of hydrogen-bond donors (Lipinski definition) is 2. The molecule has 0 saturated heterocycles. The number of non-ortho nitro benzene ring substituents is 1. The number of carbonyl (C=O) groups excluding carboxylic acids is 5. The number of nitro benzene ring substituents is 1. The third kappa shape index (κ3) is 13.2. The van der Waals surface area contributed by atoms with Gasteiger partial charge in [0.25, 0.3) is 11.6 Å².